The number of aryl methyl sites for hydroxylation is 1. The molecule has 1 aliphatic rings. The molecule has 1 saturated heterocycles. The van der Waals surface area contributed by atoms with Crippen LogP contribution in [0, 0.1) is 6.92 Å². The van der Waals surface area contributed by atoms with Gasteiger partial charge >= 0.3 is 0 Å². The summed E-state index contributed by atoms with van der Waals surface area (Å²) in [4.78, 5) is 15.1. The molecule has 3 nitrogen and oxygen atoms in total. The molecule has 0 atom stereocenters. The third-order valence-electron chi connectivity index (χ3n) is 4.21. The number of rotatable bonds is 3. The molecule has 0 unspecified atom stereocenters. The lowest BCUT2D eigenvalue weighted by Gasteiger charge is -2.14. The zero-order valence-corrected chi connectivity index (χ0v) is 15.8. The normalized spacial score (nSPS) is 15.9. The number of amides is 1. The summed E-state index contributed by atoms with van der Waals surface area (Å²) in [5, 5.41) is 0. The van der Waals surface area contributed by atoms with Gasteiger partial charge in [-0.1, -0.05) is 60.4 Å². The Morgan fingerprint density at radius 3 is 2.15 bits per heavy atom. The molecule has 1 aromatic heterocycles. The van der Waals surface area contributed by atoms with Crippen LogP contribution in [0.2, 0.25) is 0 Å². The highest BCUT2D eigenvalue weighted by Crippen LogP contribution is 2.36. The number of carbonyl (C=O) groups is 1. The van der Waals surface area contributed by atoms with Crippen molar-refractivity contribution in [3.63, 3.8) is 0 Å². The lowest BCUT2D eigenvalue weighted by Crippen LogP contribution is -2.27. The number of hydrogen-bond donors (Lipinski definition) is 0. The number of thiocarbonyl (C=S) groups is 1. The third kappa shape index (κ3) is 3.00. The molecule has 4 rings (SSSR count). The minimum atomic E-state index is -0.0790. The van der Waals surface area contributed by atoms with Crippen LogP contribution in [0.5, 0.6) is 0 Å². The van der Waals surface area contributed by atoms with Crippen LogP contribution in [0.3, 0.4) is 0 Å². The summed E-state index contributed by atoms with van der Waals surface area (Å²) in [5.74, 6) is -0.0790. The molecule has 2 heterocycles. The molecule has 0 bridgehead atoms. The number of carbonyl (C=O) groups excluding carboxylic acids is 1. The fraction of sp³-hybridized carbons (Fsp3) is 0.0476. The second kappa shape index (κ2) is 6.94. The summed E-state index contributed by atoms with van der Waals surface area (Å²) in [7, 11) is 0. The second-order valence-corrected chi connectivity index (χ2v) is 7.60. The van der Waals surface area contributed by atoms with E-state index in [0.717, 1.165) is 22.8 Å². The van der Waals surface area contributed by atoms with Gasteiger partial charge in [-0.15, -0.1) is 0 Å². The molecule has 1 amide bonds. The van der Waals surface area contributed by atoms with Crippen molar-refractivity contribution in [2.45, 2.75) is 6.92 Å². The van der Waals surface area contributed by atoms with Crippen molar-refractivity contribution in [2.24, 2.45) is 0 Å². The van der Waals surface area contributed by atoms with Gasteiger partial charge in [-0.3, -0.25) is 9.69 Å². The molecular formula is C21H16N2OS2. The molecule has 0 spiro atoms. The van der Waals surface area contributed by atoms with Crippen LogP contribution in [-0.2, 0) is 4.79 Å². The second-order valence-electron chi connectivity index (χ2n) is 5.92. The van der Waals surface area contributed by atoms with Crippen LogP contribution in [0.4, 0.5) is 5.69 Å². The molecular weight excluding hydrogens is 360 g/mol. The van der Waals surface area contributed by atoms with Gasteiger partial charge in [-0.25, -0.2) is 0 Å². The number of benzene rings is 2. The number of para-hydroxylation sites is 2. The van der Waals surface area contributed by atoms with E-state index in [0.29, 0.717) is 9.23 Å². The first kappa shape index (κ1) is 16.8. The molecule has 26 heavy (non-hydrogen) atoms. The summed E-state index contributed by atoms with van der Waals surface area (Å²) in [6.45, 7) is 2.06. The van der Waals surface area contributed by atoms with Gasteiger partial charge in [0.25, 0.3) is 5.91 Å². The summed E-state index contributed by atoms with van der Waals surface area (Å²) in [6.07, 6.45) is 1.92. The van der Waals surface area contributed by atoms with Gasteiger partial charge < -0.3 is 4.57 Å². The first-order valence-corrected chi connectivity index (χ1v) is 9.44. The first-order chi connectivity index (χ1) is 12.6. The number of aromatic nitrogens is 1. The molecule has 2 aromatic carbocycles. The molecule has 0 saturated carbocycles. The number of hydrogen-bond acceptors (Lipinski definition) is 3. The van der Waals surface area contributed by atoms with Gasteiger partial charge in [-0.2, -0.15) is 0 Å². The Bertz CT molecular complexity index is 1010. The molecule has 0 N–H and O–H groups in total. The van der Waals surface area contributed by atoms with Crippen LogP contribution in [0.15, 0.2) is 77.7 Å². The molecule has 3 aromatic rings. The Kier molecular flexibility index (Phi) is 4.49. The Balaban J connectivity index is 1.73. The predicted octanol–water partition coefficient (Wildman–Crippen LogP) is 5.19. The van der Waals surface area contributed by atoms with E-state index in [4.69, 9.17) is 12.2 Å². The van der Waals surface area contributed by atoms with Gasteiger partial charge in [0.05, 0.1) is 10.6 Å². The smallest absolute Gasteiger partial charge is 0.270 e. The third-order valence-corrected chi connectivity index (χ3v) is 5.51. The lowest BCUT2D eigenvalue weighted by molar-refractivity contribution is -0.113. The first-order valence-electron chi connectivity index (χ1n) is 8.22. The number of anilines is 1. The van der Waals surface area contributed by atoms with Gasteiger partial charge in [0, 0.05) is 17.1 Å². The van der Waals surface area contributed by atoms with Crippen molar-refractivity contribution in [2.75, 3.05) is 4.90 Å². The maximum Gasteiger partial charge on any atom is 0.270 e. The SMILES string of the molecule is Cc1ccc(/C=C2\SC(=S)N(c3ccccc3)C2=O)n1-c1ccccc1. The molecule has 0 aliphatic carbocycles. The van der Waals surface area contributed by atoms with Gasteiger partial charge in [0.1, 0.15) is 0 Å². The fourth-order valence-corrected chi connectivity index (χ4v) is 4.29. The maximum atomic E-state index is 12.9. The zero-order chi connectivity index (χ0) is 18.1. The molecule has 0 radical (unpaired) electrons. The minimum absolute atomic E-state index is 0.0790. The quantitative estimate of drug-likeness (QED) is 0.464. The van der Waals surface area contributed by atoms with E-state index in [1.807, 2.05) is 60.7 Å². The standard InChI is InChI=1S/C21H16N2OS2/c1-15-12-13-18(22(15)16-8-4-2-5-9-16)14-19-20(24)23(21(25)26-19)17-10-6-3-7-11-17/h2-14H,1H3/b19-14-. The van der Waals surface area contributed by atoms with Gasteiger partial charge in [-0.05, 0) is 49.4 Å². The van der Waals surface area contributed by atoms with Crippen molar-refractivity contribution >= 4 is 46.0 Å². The van der Waals surface area contributed by atoms with Crippen LogP contribution in [0.25, 0.3) is 11.8 Å². The topological polar surface area (TPSA) is 25.2 Å². The Morgan fingerprint density at radius 2 is 1.50 bits per heavy atom. The average Bonchev–Trinajstić information content (AvgIpc) is 3.16. The number of thioether (sulfide) groups is 1. The fourth-order valence-electron chi connectivity index (χ4n) is 3.00. The summed E-state index contributed by atoms with van der Waals surface area (Å²) < 4.78 is 2.69. The number of nitrogens with zero attached hydrogens (tertiary/aromatic N) is 2. The van der Waals surface area contributed by atoms with E-state index < -0.39 is 0 Å². The van der Waals surface area contributed by atoms with Crippen LogP contribution in [0.1, 0.15) is 11.4 Å². The maximum absolute atomic E-state index is 12.9. The van der Waals surface area contributed by atoms with Crippen LogP contribution >= 0.6 is 24.0 Å². The van der Waals surface area contributed by atoms with Gasteiger partial charge in [0.2, 0.25) is 0 Å². The van der Waals surface area contributed by atoms with E-state index in [2.05, 4.69) is 29.7 Å². The molecule has 128 valence electrons. The van der Waals surface area contributed by atoms with Crippen LogP contribution < -0.4 is 4.90 Å². The largest absolute Gasteiger partial charge is 0.314 e. The van der Waals surface area contributed by atoms with Crippen molar-refractivity contribution in [1.82, 2.24) is 4.57 Å². The monoisotopic (exact) mass is 376 g/mol. The minimum Gasteiger partial charge on any atom is -0.314 e. The van der Waals surface area contributed by atoms with E-state index in [9.17, 15) is 4.79 Å². The molecule has 1 fully saturated rings. The highest BCUT2D eigenvalue weighted by Gasteiger charge is 2.33. The summed E-state index contributed by atoms with van der Waals surface area (Å²) in [6, 6.07) is 23.7. The Morgan fingerprint density at radius 1 is 0.885 bits per heavy atom. The van der Waals surface area contributed by atoms with E-state index in [1.54, 1.807) is 4.90 Å². The van der Waals surface area contributed by atoms with Crippen LogP contribution in [-0.4, -0.2) is 14.8 Å². The van der Waals surface area contributed by atoms with E-state index in [-0.39, 0.29) is 5.91 Å². The zero-order valence-electron chi connectivity index (χ0n) is 14.1. The average molecular weight is 377 g/mol. The summed E-state index contributed by atoms with van der Waals surface area (Å²) >= 11 is 6.78. The predicted molar refractivity (Wildman–Crippen MR) is 113 cm³/mol. The summed E-state index contributed by atoms with van der Waals surface area (Å²) in [5.41, 5.74) is 3.94. The molecule has 1 aliphatic heterocycles. The highest BCUT2D eigenvalue weighted by atomic mass is 32.2. The Hall–Kier alpha value is -2.63. The van der Waals surface area contributed by atoms with E-state index in [1.165, 1.54) is 11.8 Å². The lowest BCUT2D eigenvalue weighted by atomic mass is 10.2. The van der Waals surface area contributed by atoms with Crippen molar-refractivity contribution in [3.05, 3.63) is 89.1 Å². The highest BCUT2D eigenvalue weighted by molar-refractivity contribution is 8.27. The van der Waals surface area contributed by atoms with Crippen molar-refractivity contribution in [1.29, 1.82) is 0 Å². The Labute approximate surface area is 161 Å². The molecule has 5 heteroatoms. The van der Waals surface area contributed by atoms with Crippen molar-refractivity contribution < 1.29 is 4.79 Å². The van der Waals surface area contributed by atoms with E-state index >= 15 is 0 Å². The van der Waals surface area contributed by atoms with Gasteiger partial charge in [0.15, 0.2) is 4.32 Å². The van der Waals surface area contributed by atoms with Crippen molar-refractivity contribution in [3.8, 4) is 5.69 Å².